The molecule has 1 fully saturated rings. The Labute approximate surface area is 176 Å². The lowest BCUT2D eigenvalue weighted by Gasteiger charge is -2.41. The number of anilines is 2. The van der Waals surface area contributed by atoms with Crippen molar-refractivity contribution >= 4 is 34.0 Å². The van der Waals surface area contributed by atoms with E-state index in [0.717, 1.165) is 24.4 Å². The van der Waals surface area contributed by atoms with E-state index in [0.29, 0.717) is 18.2 Å². The Bertz CT molecular complexity index is 853. The van der Waals surface area contributed by atoms with Gasteiger partial charge in [0.25, 0.3) is 0 Å². The van der Waals surface area contributed by atoms with Gasteiger partial charge in [-0.3, -0.25) is 9.59 Å². The Hall–Kier alpha value is -2.48. The van der Waals surface area contributed by atoms with Crippen LogP contribution in [-0.4, -0.2) is 52.6 Å². The van der Waals surface area contributed by atoms with Gasteiger partial charge >= 0.3 is 0 Å². The summed E-state index contributed by atoms with van der Waals surface area (Å²) in [5.74, 6) is -0.163. The van der Waals surface area contributed by atoms with Gasteiger partial charge in [-0.25, -0.2) is 0 Å². The molecular formula is C21H29N5O2S. The van der Waals surface area contributed by atoms with Crippen LogP contribution in [0.5, 0.6) is 0 Å². The fourth-order valence-corrected chi connectivity index (χ4v) is 4.41. The number of piperazine rings is 1. The van der Waals surface area contributed by atoms with Gasteiger partial charge in [-0.1, -0.05) is 30.4 Å². The molecule has 1 atom stereocenters. The van der Waals surface area contributed by atoms with Crippen LogP contribution in [0.4, 0.5) is 10.8 Å². The SMILES string of the molecule is CCCc1nnc(NC(=O)CCC(=O)N2CCN(c3cccc(C)c3)C(C)C2)s1. The number of nitrogens with zero attached hydrogens (tertiary/aromatic N) is 4. The van der Waals surface area contributed by atoms with Crippen LogP contribution in [0, 0.1) is 6.92 Å². The third kappa shape index (κ3) is 5.76. The second kappa shape index (κ2) is 9.82. The molecule has 1 aromatic carbocycles. The third-order valence-corrected chi connectivity index (χ3v) is 5.95. The molecule has 0 aliphatic carbocycles. The molecule has 29 heavy (non-hydrogen) atoms. The molecule has 2 heterocycles. The van der Waals surface area contributed by atoms with Crippen molar-refractivity contribution in [3.63, 3.8) is 0 Å². The second-order valence-corrected chi connectivity index (χ2v) is 8.58. The van der Waals surface area contributed by atoms with E-state index >= 15 is 0 Å². The van der Waals surface area contributed by atoms with Crippen molar-refractivity contribution in [3.8, 4) is 0 Å². The number of nitrogens with one attached hydrogen (secondary N) is 1. The molecule has 1 aliphatic rings. The predicted octanol–water partition coefficient (Wildman–Crippen LogP) is 3.26. The minimum absolute atomic E-state index is 0.0276. The molecule has 0 bridgehead atoms. The quantitative estimate of drug-likeness (QED) is 0.751. The molecule has 1 aliphatic heterocycles. The Morgan fingerprint density at radius 1 is 1.24 bits per heavy atom. The molecular weight excluding hydrogens is 386 g/mol. The monoisotopic (exact) mass is 415 g/mol. The molecule has 0 spiro atoms. The first-order chi connectivity index (χ1) is 14.0. The number of amides is 2. The van der Waals surface area contributed by atoms with Crippen LogP contribution in [0.3, 0.4) is 0 Å². The molecule has 8 heteroatoms. The Morgan fingerprint density at radius 3 is 2.79 bits per heavy atom. The molecule has 2 amide bonds. The standard InChI is InChI=1S/C21H29N5O2S/c1-4-6-19-23-24-21(29-19)22-18(27)9-10-20(28)25-11-12-26(16(3)14-25)17-8-5-7-15(2)13-17/h5,7-8,13,16H,4,6,9-12,14H2,1-3H3,(H,22,24,27). The van der Waals surface area contributed by atoms with E-state index in [9.17, 15) is 9.59 Å². The minimum Gasteiger partial charge on any atom is -0.365 e. The number of rotatable bonds is 7. The van der Waals surface area contributed by atoms with Gasteiger partial charge in [-0.05, 0) is 38.0 Å². The third-order valence-electron chi connectivity index (χ3n) is 5.06. The maximum Gasteiger partial charge on any atom is 0.226 e. The highest BCUT2D eigenvalue weighted by molar-refractivity contribution is 7.15. The summed E-state index contributed by atoms with van der Waals surface area (Å²) in [6, 6.07) is 8.69. The summed E-state index contributed by atoms with van der Waals surface area (Å²) in [6.07, 6.45) is 2.23. The number of aryl methyl sites for hydroxylation is 2. The van der Waals surface area contributed by atoms with E-state index in [4.69, 9.17) is 0 Å². The summed E-state index contributed by atoms with van der Waals surface area (Å²) < 4.78 is 0. The molecule has 2 aromatic rings. The fraction of sp³-hybridized carbons (Fsp3) is 0.524. The zero-order valence-electron chi connectivity index (χ0n) is 17.4. The topological polar surface area (TPSA) is 78.4 Å². The highest BCUT2D eigenvalue weighted by Crippen LogP contribution is 2.22. The second-order valence-electron chi connectivity index (χ2n) is 7.52. The van der Waals surface area contributed by atoms with E-state index < -0.39 is 0 Å². The zero-order chi connectivity index (χ0) is 20.8. The molecule has 3 rings (SSSR count). The molecule has 1 N–H and O–H groups in total. The van der Waals surface area contributed by atoms with Gasteiger partial charge in [-0.15, -0.1) is 10.2 Å². The van der Waals surface area contributed by atoms with Crippen molar-refractivity contribution in [3.05, 3.63) is 34.8 Å². The summed E-state index contributed by atoms with van der Waals surface area (Å²) in [5.41, 5.74) is 2.43. The fourth-order valence-electron chi connectivity index (χ4n) is 3.55. The molecule has 156 valence electrons. The van der Waals surface area contributed by atoms with Gasteiger partial charge in [0.15, 0.2) is 0 Å². The first kappa shape index (κ1) is 21.2. The zero-order valence-corrected chi connectivity index (χ0v) is 18.2. The van der Waals surface area contributed by atoms with Gasteiger partial charge in [0, 0.05) is 50.6 Å². The van der Waals surface area contributed by atoms with Crippen LogP contribution in [0.2, 0.25) is 0 Å². The summed E-state index contributed by atoms with van der Waals surface area (Å²) in [4.78, 5) is 28.9. The van der Waals surface area contributed by atoms with Crippen molar-refractivity contribution < 1.29 is 9.59 Å². The Morgan fingerprint density at radius 2 is 2.07 bits per heavy atom. The van der Waals surface area contributed by atoms with Gasteiger partial charge in [0.05, 0.1) is 0 Å². The number of benzene rings is 1. The average molecular weight is 416 g/mol. The smallest absolute Gasteiger partial charge is 0.226 e. The van der Waals surface area contributed by atoms with E-state index in [-0.39, 0.29) is 30.7 Å². The Balaban J connectivity index is 1.45. The van der Waals surface area contributed by atoms with Crippen molar-refractivity contribution in [2.24, 2.45) is 0 Å². The Kier molecular flexibility index (Phi) is 7.19. The summed E-state index contributed by atoms with van der Waals surface area (Å²) in [5, 5.41) is 12.2. The normalized spacial score (nSPS) is 16.7. The van der Waals surface area contributed by atoms with E-state index in [1.54, 1.807) is 0 Å². The van der Waals surface area contributed by atoms with Crippen molar-refractivity contribution in [2.45, 2.75) is 52.5 Å². The van der Waals surface area contributed by atoms with Gasteiger partial charge < -0.3 is 15.1 Å². The molecule has 0 saturated carbocycles. The van der Waals surface area contributed by atoms with E-state index in [2.05, 4.69) is 65.5 Å². The summed E-state index contributed by atoms with van der Waals surface area (Å²) in [7, 11) is 0. The molecule has 7 nitrogen and oxygen atoms in total. The van der Waals surface area contributed by atoms with Gasteiger partial charge in [0.1, 0.15) is 5.01 Å². The number of aromatic nitrogens is 2. The average Bonchev–Trinajstić information content (AvgIpc) is 3.13. The molecule has 1 aromatic heterocycles. The predicted molar refractivity (Wildman–Crippen MR) is 116 cm³/mol. The molecule has 0 radical (unpaired) electrons. The highest BCUT2D eigenvalue weighted by Gasteiger charge is 2.27. The van der Waals surface area contributed by atoms with Crippen LogP contribution >= 0.6 is 11.3 Å². The van der Waals surface area contributed by atoms with Crippen LogP contribution in [0.1, 0.15) is 43.7 Å². The first-order valence-corrected chi connectivity index (χ1v) is 11.0. The number of hydrogen-bond acceptors (Lipinski definition) is 6. The number of hydrogen-bond donors (Lipinski definition) is 1. The van der Waals surface area contributed by atoms with E-state index in [1.165, 1.54) is 22.6 Å². The highest BCUT2D eigenvalue weighted by atomic mass is 32.1. The number of carbonyl (C=O) groups is 2. The lowest BCUT2D eigenvalue weighted by molar-refractivity contribution is -0.133. The largest absolute Gasteiger partial charge is 0.365 e. The van der Waals surface area contributed by atoms with Crippen molar-refractivity contribution in [1.82, 2.24) is 15.1 Å². The number of carbonyl (C=O) groups excluding carboxylic acids is 2. The lowest BCUT2D eigenvalue weighted by Crippen LogP contribution is -2.53. The minimum atomic E-state index is -0.191. The summed E-state index contributed by atoms with van der Waals surface area (Å²) >= 11 is 1.39. The maximum atomic E-state index is 12.6. The maximum absolute atomic E-state index is 12.6. The van der Waals surface area contributed by atoms with Crippen LogP contribution < -0.4 is 10.2 Å². The van der Waals surface area contributed by atoms with Crippen LogP contribution in [0.15, 0.2) is 24.3 Å². The van der Waals surface area contributed by atoms with Crippen molar-refractivity contribution in [2.75, 3.05) is 29.9 Å². The van der Waals surface area contributed by atoms with Crippen LogP contribution in [0.25, 0.3) is 0 Å². The van der Waals surface area contributed by atoms with Crippen molar-refractivity contribution in [1.29, 1.82) is 0 Å². The molecule has 1 unspecified atom stereocenters. The summed E-state index contributed by atoms with van der Waals surface area (Å²) in [6.45, 7) is 8.45. The first-order valence-electron chi connectivity index (χ1n) is 10.2. The van der Waals surface area contributed by atoms with E-state index in [1.807, 2.05) is 4.90 Å². The van der Waals surface area contributed by atoms with Gasteiger partial charge in [0.2, 0.25) is 16.9 Å². The molecule has 1 saturated heterocycles. The van der Waals surface area contributed by atoms with Crippen LogP contribution in [-0.2, 0) is 16.0 Å². The van der Waals surface area contributed by atoms with Gasteiger partial charge in [-0.2, -0.15) is 0 Å². The lowest BCUT2D eigenvalue weighted by atomic mass is 10.1.